The second-order valence-electron chi connectivity index (χ2n) is 7.07. The van der Waals surface area contributed by atoms with Crippen LogP contribution in [0.3, 0.4) is 0 Å². The standard InChI is InChI=1S/C26H30O2/c1-5-7-9-17-27-25-21-15-11-14-20(4)24(21)26(28-18-10-8-6-2)22-16-12-13-19(3)23(22)25/h5-8,11-16H,9-10,17-18H2,1-4H3/b7-5+,8-6+. The lowest BCUT2D eigenvalue weighted by Crippen LogP contribution is -2.02. The highest BCUT2D eigenvalue weighted by Gasteiger charge is 2.18. The number of fused-ring (bicyclic) bond motifs is 2. The van der Waals surface area contributed by atoms with Crippen molar-refractivity contribution in [2.45, 2.75) is 40.5 Å². The molecule has 0 fully saturated rings. The number of aryl methyl sites for hydroxylation is 2. The fourth-order valence-electron chi connectivity index (χ4n) is 3.68. The highest BCUT2D eigenvalue weighted by atomic mass is 16.5. The normalized spacial score (nSPS) is 11.9. The first-order valence-corrected chi connectivity index (χ1v) is 10.1. The lowest BCUT2D eigenvalue weighted by Gasteiger charge is -2.20. The van der Waals surface area contributed by atoms with E-state index < -0.39 is 0 Å². The van der Waals surface area contributed by atoms with E-state index in [1.807, 2.05) is 13.8 Å². The van der Waals surface area contributed by atoms with Crippen molar-refractivity contribution >= 4 is 21.5 Å². The summed E-state index contributed by atoms with van der Waals surface area (Å²) in [6.45, 7) is 9.70. The van der Waals surface area contributed by atoms with E-state index in [2.05, 4.69) is 74.5 Å². The average Bonchev–Trinajstić information content (AvgIpc) is 2.69. The molecule has 3 aromatic carbocycles. The van der Waals surface area contributed by atoms with Crippen LogP contribution in [0.15, 0.2) is 60.7 Å². The minimum absolute atomic E-state index is 0.665. The minimum atomic E-state index is 0.665. The van der Waals surface area contributed by atoms with E-state index in [4.69, 9.17) is 9.47 Å². The van der Waals surface area contributed by atoms with Crippen LogP contribution in [0.4, 0.5) is 0 Å². The Hall–Kier alpha value is -2.74. The highest BCUT2D eigenvalue weighted by Crippen LogP contribution is 2.45. The van der Waals surface area contributed by atoms with Crippen LogP contribution in [-0.2, 0) is 0 Å². The first-order chi connectivity index (χ1) is 13.7. The summed E-state index contributed by atoms with van der Waals surface area (Å²) in [5.41, 5.74) is 2.42. The van der Waals surface area contributed by atoms with E-state index in [0.717, 1.165) is 45.9 Å². The largest absolute Gasteiger partial charge is 0.492 e. The van der Waals surface area contributed by atoms with Crippen molar-refractivity contribution in [3.05, 3.63) is 71.8 Å². The van der Waals surface area contributed by atoms with E-state index in [9.17, 15) is 0 Å². The molecule has 0 spiro atoms. The summed E-state index contributed by atoms with van der Waals surface area (Å²) in [6.07, 6.45) is 10.2. The number of hydrogen-bond acceptors (Lipinski definition) is 2. The van der Waals surface area contributed by atoms with Crippen molar-refractivity contribution < 1.29 is 9.47 Å². The summed E-state index contributed by atoms with van der Waals surface area (Å²) in [5.74, 6) is 1.94. The molecule has 0 aliphatic rings. The van der Waals surface area contributed by atoms with Crippen LogP contribution in [0.5, 0.6) is 11.5 Å². The monoisotopic (exact) mass is 374 g/mol. The molecule has 0 amide bonds. The molecule has 3 rings (SSSR count). The molecule has 2 heteroatoms. The Kier molecular flexibility index (Phi) is 6.76. The van der Waals surface area contributed by atoms with E-state index in [1.54, 1.807) is 0 Å². The van der Waals surface area contributed by atoms with Crippen molar-refractivity contribution in [3.63, 3.8) is 0 Å². The van der Waals surface area contributed by atoms with Crippen LogP contribution < -0.4 is 9.47 Å². The summed E-state index contributed by atoms with van der Waals surface area (Å²) >= 11 is 0. The van der Waals surface area contributed by atoms with Crippen LogP contribution in [0, 0.1) is 13.8 Å². The summed E-state index contributed by atoms with van der Waals surface area (Å²) in [6, 6.07) is 12.8. The molecule has 3 aromatic rings. The Balaban J connectivity index is 2.22. The summed E-state index contributed by atoms with van der Waals surface area (Å²) in [7, 11) is 0. The van der Waals surface area contributed by atoms with Gasteiger partial charge in [0, 0.05) is 21.5 Å². The quantitative estimate of drug-likeness (QED) is 0.234. The fourth-order valence-corrected chi connectivity index (χ4v) is 3.68. The first-order valence-electron chi connectivity index (χ1n) is 10.1. The van der Waals surface area contributed by atoms with E-state index in [0.29, 0.717) is 13.2 Å². The SMILES string of the molecule is C/C=C/CCOc1c2cccc(C)c2c(OCC/C=C/C)c2cccc(C)c12. The Bertz CT molecular complexity index is 929. The van der Waals surface area contributed by atoms with Gasteiger partial charge in [-0.05, 0) is 51.7 Å². The van der Waals surface area contributed by atoms with Crippen molar-refractivity contribution in [1.82, 2.24) is 0 Å². The zero-order chi connectivity index (χ0) is 19.9. The Morgan fingerprint density at radius 3 is 1.50 bits per heavy atom. The molecule has 146 valence electrons. The predicted octanol–water partition coefficient (Wildman–Crippen LogP) is 7.30. The molecule has 2 nitrogen and oxygen atoms in total. The molecular formula is C26H30O2. The molecule has 0 N–H and O–H groups in total. The minimum Gasteiger partial charge on any atom is -0.492 e. The van der Waals surface area contributed by atoms with Crippen LogP contribution in [0.25, 0.3) is 21.5 Å². The van der Waals surface area contributed by atoms with E-state index >= 15 is 0 Å². The van der Waals surface area contributed by atoms with Gasteiger partial charge in [0.1, 0.15) is 11.5 Å². The second kappa shape index (κ2) is 9.45. The van der Waals surface area contributed by atoms with Gasteiger partial charge in [0.05, 0.1) is 13.2 Å². The molecule has 0 radical (unpaired) electrons. The van der Waals surface area contributed by atoms with Gasteiger partial charge in [0.25, 0.3) is 0 Å². The molecule has 0 heterocycles. The Labute approximate surface area is 168 Å². The van der Waals surface area contributed by atoms with Gasteiger partial charge in [0.15, 0.2) is 0 Å². The smallest absolute Gasteiger partial charge is 0.135 e. The highest BCUT2D eigenvalue weighted by molar-refractivity contribution is 6.13. The van der Waals surface area contributed by atoms with Gasteiger partial charge >= 0.3 is 0 Å². The molecule has 0 aliphatic heterocycles. The fraction of sp³-hybridized carbons (Fsp3) is 0.308. The zero-order valence-corrected chi connectivity index (χ0v) is 17.4. The number of allylic oxidation sites excluding steroid dienone is 2. The molecular weight excluding hydrogens is 344 g/mol. The zero-order valence-electron chi connectivity index (χ0n) is 17.4. The molecule has 0 aliphatic carbocycles. The van der Waals surface area contributed by atoms with Gasteiger partial charge < -0.3 is 9.47 Å². The van der Waals surface area contributed by atoms with Crippen molar-refractivity contribution in [2.24, 2.45) is 0 Å². The van der Waals surface area contributed by atoms with E-state index in [-0.39, 0.29) is 0 Å². The van der Waals surface area contributed by atoms with Crippen LogP contribution >= 0.6 is 0 Å². The molecule has 0 saturated carbocycles. The van der Waals surface area contributed by atoms with Gasteiger partial charge in [-0.3, -0.25) is 0 Å². The molecule has 28 heavy (non-hydrogen) atoms. The third kappa shape index (κ3) is 4.06. The van der Waals surface area contributed by atoms with Gasteiger partial charge in [-0.1, -0.05) is 60.7 Å². The summed E-state index contributed by atoms with van der Waals surface area (Å²) < 4.78 is 12.7. The average molecular weight is 375 g/mol. The lowest BCUT2D eigenvalue weighted by molar-refractivity contribution is 0.327. The van der Waals surface area contributed by atoms with Crippen molar-refractivity contribution in [3.8, 4) is 11.5 Å². The molecule has 0 bridgehead atoms. The molecule has 0 atom stereocenters. The number of rotatable bonds is 8. The first kappa shape index (κ1) is 20.0. The summed E-state index contributed by atoms with van der Waals surface area (Å²) in [5, 5.41) is 4.57. The van der Waals surface area contributed by atoms with Crippen molar-refractivity contribution in [2.75, 3.05) is 13.2 Å². The van der Waals surface area contributed by atoms with Crippen LogP contribution in [-0.4, -0.2) is 13.2 Å². The third-order valence-electron chi connectivity index (χ3n) is 5.02. The Morgan fingerprint density at radius 1 is 0.679 bits per heavy atom. The maximum absolute atomic E-state index is 6.35. The molecule has 0 unspecified atom stereocenters. The third-order valence-corrected chi connectivity index (χ3v) is 5.02. The van der Waals surface area contributed by atoms with Crippen LogP contribution in [0.1, 0.15) is 37.8 Å². The maximum Gasteiger partial charge on any atom is 0.135 e. The van der Waals surface area contributed by atoms with E-state index in [1.165, 1.54) is 11.1 Å². The second-order valence-corrected chi connectivity index (χ2v) is 7.07. The topological polar surface area (TPSA) is 18.5 Å². The predicted molar refractivity (Wildman–Crippen MR) is 121 cm³/mol. The van der Waals surface area contributed by atoms with Crippen LogP contribution in [0.2, 0.25) is 0 Å². The lowest BCUT2D eigenvalue weighted by atomic mass is 9.95. The van der Waals surface area contributed by atoms with Gasteiger partial charge in [-0.2, -0.15) is 0 Å². The number of ether oxygens (including phenoxy) is 2. The van der Waals surface area contributed by atoms with Gasteiger partial charge in [-0.15, -0.1) is 0 Å². The maximum atomic E-state index is 6.35. The molecule has 0 saturated heterocycles. The number of hydrogen-bond donors (Lipinski definition) is 0. The van der Waals surface area contributed by atoms with Crippen molar-refractivity contribution in [1.29, 1.82) is 0 Å². The molecule has 0 aromatic heterocycles. The van der Waals surface area contributed by atoms with Gasteiger partial charge in [-0.25, -0.2) is 0 Å². The van der Waals surface area contributed by atoms with Gasteiger partial charge in [0.2, 0.25) is 0 Å². The number of benzene rings is 3. The Morgan fingerprint density at radius 2 is 1.11 bits per heavy atom. The summed E-state index contributed by atoms with van der Waals surface area (Å²) in [4.78, 5) is 0.